The van der Waals surface area contributed by atoms with Gasteiger partial charge in [0.15, 0.2) is 0 Å². The molecular formula is C13H17ClN6OS. The maximum Gasteiger partial charge on any atom is 0.240 e. The Kier molecular flexibility index (Phi) is 4.42. The number of carbonyl (C=O) groups is 1. The third-order valence-electron chi connectivity index (χ3n) is 3.85. The van der Waals surface area contributed by atoms with Gasteiger partial charge in [0, 0.05) is 18.7 Å². The van der Waals surface area contributed by atoms with E-state index in [1.807, 2.05) is 14.0 Å². The Morgan fingerprint density at radius 1 is 1.59 bits per heavy atom. The highest BCUT2D eigenvalue weighted by molar-refractivity contribution is 7.13. The minimum atomic E-state index is -0.0821. The van der Waals surface area contributed by atoms with Gasteiger partial charge in [-0.3, -0.25) is 19.7 Å². The van der Waals surface area contributed by atoms with E-state index in [1.54, 1.807) is 10.2 Å². The number of aromatic nitrogens is 4. The zero-order valence-corrected chi connectivity index (χ0v) is 14.0. The molecular weight excluding hydrogens is 324 g/mol. The number of aryl methyl sites for hydroxylation is 2. The number of likely N-dealkylation sites (tertiary alicyclic amines) is 1. The molecule has 118 valence electrons. The zero-order valence-electron chi connectivity index (χ0n) is 12.4. The number of hydrogen-bond acceptors (Lipinski definition) is 6. The molecule has 9 heteroatoms. The van der Waals surface area contributed by atoms with Crippen LogP contribution >= 0.6 is 22.9 Å². The molecule has 22 heavy (non-hydrogen) atoms. The summed E-state index contributed by atoms with van der Waals surface area (Å²) in [5, 5.41) is 15.8. The number of amides is 1. The van der Waals surface area contributed by atoms with Crippen LogP contribution in [0.25, 0.3) is 0 Å². The molecule has 7 nitrogen and oxygen atoms in total. The van der Waals surface area contributed by atoms with E-state index in [-0.39, 0.29) is 11.9 Å². The van der Waals surface area contributed by atoms with Crippen molar-refractivity contribution in [2.45, 2.75) is 25.8 Å². The monoisotopic (exact) mass is 340 g/mol. The summed E-state index contributed by atoms with van der Waals surface area (Å²) in [7, 11) is 1.83. The lowest BCUT2D eigenvalue weighted by atomic mass is 10.1. The quantitative estimate of drug-likeness (QED) is 0.921. The number of nitrogens with one attached hydrogen (secondary N) is 1. The largest absolute Gasteiger partial charge is 0.299 e. The Labute approximate surface area is 137 Å². The molecule has 1 N–H and O–H groups in total. The molecule has 0 bridgehead atoms. The molecule has 2 aromatic heterocycles. The molecule has 1 fully saturated rings. The van der Waals surface area contributed by atoms with E-state index < -0.39 is 0 Å². The molecule has 0 aromatic carbocycles. The summed E-state index contributed by atoms with van der Waals surface area (Å²) in [6.45, 7) is 3.15. The van der Waals surface area contributed by atoms with Crippen LogP contribution in [0.5, 0.6) is 0 Å². The van der Waals surface area contributed by atoms with Gasteiger partial charge in [-0.05, 0) is 26.3 Å². The Morgan fingerprint density at radius 3 is 3.05 bits per heavy atom. The first-order valence-electron chi connectivity index (χ1n) is 7.05. The van der Waals surface area contributed by atoms with Crippen molar-refractivity contribution in [2.24, 2.45) is 7.05 Å². The van der Waals surface area contributed by atoms with Gasteiger partial charge in [0.05, 0.1) is 12.2 Å². The van der Waals surface area contributed by atoms with Crippen molar-refractivity contribution in [1.82, 2.24) is 24.9 Å². The normalized spacial score (nSPS) is 18.8. The summed E-state index contributed by atoms with van der Waals surface area (Å²) in [6.07, 6.45) is 2.03. The maximum atomic E-state index is 12.2. The van der Waals surface area contributed by atoms with Crippen molar-refractivity contribution in [2.75, 3.05) is 18.4 Å². The predicted molar refractivity (Wildman–Crippen MR) is 85.0 cm³/mol. The zero-order chi connectivity index (χ0) is 15.7. The Bertz CT molecular complexity index is 670. The second kappa shape index (κ2) is 6.31. The van der Waals surface area contributed by atoms with Crippen molar-refractivity contribution in [1.29, 1.82) is 0 Å². The molecule has 2 aromatic rings. The van der Waals surface area contributed by atoms with E-state index in [2.05, 4.69) is 25.5 Å². The molecule has 1 saturated heterocycles. The van der Waals surface area contributed by atoms with Crippen molar-refractivity contribution < 1.29 is 4.79 Å². The fourth-order valence-corrected chi connectivity index (χ4v) is 3.70. The summed E-state index contributed by atoms with van der Waals surface area (Å²) < 4.78 is 1.68. The maximum absolute atomic E-state index is 12.2. The van der Waals surface area contributed by atoms with Crippen LogP contribution in [0.15, 0.2) is 5.51 Å². The van der Waals surface area contributed by atoms with Crippen molar-refractivity contribution in [3.05, 3.63) is 21.9 Å². The van der Waals surface area contributed by atoms with E-state index in [0.717, 1.165) is 30.6 Å². The molecule has 0 radical (unpaired) electrons. The topological polar surface area (TPSA) is 75.9 Å². The summed E-state index contributed by atoms with van der Waals surface area (Å²) >= 11 is 7.68. The van der Waals surface area contributed by atoms with Crippen LogP contribution in [0.1, 0.15) is 30.1 Å². The third-order valence-corrected chi connectivity index (χ3v) is 4.90. The molecule has 3 heterocycles. The highest BCUT2D eigenvalue weighted by Gasteiger charge is 2.32. The lowest BCUT2D eigenvalue weighted by Gasteiger charge is -2.23. The van der Waals surface area contributed by atoms with Gasteiger partial charge in [-0.1, -0.05) is 22.9 Å². The number of carbonyl (C=O) groups excluding carboxylic acids is 1. The first kappa shape index (κ1) is 15.4. The van der Waals surface area contributed by atoms with E-state index >= 15 is 0 Å². The standard InChI is InChI=1S/C13H17ClN6OS/c1-8-11(12(14)19(2)18-8)9-4-3-5-20(9)6-10(21)16-13-17-15-7-22-13/h7,9H,3-6H2,1-2H3,(H,16,17,21). The molecule has 1 aliphatic rings. The van der Waals surface area contributed by atoms with E-state index in [4.69, 9.17) is 11.6 Å². The Balaban J connectivity index is 1.72. The Morgan fingerprint density at radius 2 is 2.41 bits per heavy atom. The number of rotatable bonds is 4. The summed E-state index contributed by atoms with van der Waals surface area (Å²) in [6, 6.07) is 0.140. The lowest BCUT2D eigenvalue weighted by molar-refractivity contribution is -0.117. The first-order chi connectivity index (χ1) is 10.6. The van der Waals surface area contributed by atoms with Gasteiger partial charge in [0.1, 0.15) is 10.7 Å². The molecule has 0 saturated carbocycles. The Hall–Kier alpha value is -1.51. The van der Waals surface area contributed by atoms with Crippen LogP contribution in [0.3, 0.4) is 0 Å². The van der Waals surface area contributed by atoms with Crippen molar-refractivity contribution in [3.8, 4) is 0 Å². The molecule has 1 amide bonds. The minimum Gasteiger partial charge on any atom is -0.299 e. The third kappa shape index (κ3) is 2.99. The number of hydrogen-bond donors (Lipinski definition) is 1. The van der Waals surface area contributed by atoms with Crippen LogP contribution in [-0.4, -0.2) is 43.9 Å². The number of halogens is 1. The SMILES string of the molecule is Cc1nn(C)c(Cl)c1C1CCCN1CC(=O)Nc1nncs1. The first-order valence-corrected chi connectivity index (χ1v) is 8.31. The fraction of sp³-hybridized carbons (Fsp3) is 0.538. The van der Waals surface area contributed by atoms with Crippen LogP contribution in [0.2, 0.25) is 5.15 Å². The highest BCUT2D eigenvalue weighted by Crippen LogP contribution is 2.37. The smallest absolute Gasteiger partial charge is 0.240 e. The van der Waals surface area contributed by atoms with Gasteiger partial charge in [-0.2, -0.15) is 5.10 Å². The average Bonchev–Trinajstić information content (AvgIpc) is 3.15. The summed E-state index contributed by atoms with van der Waals surface area (Å²) in [5.41, 5.74) is 3.55. The lowest BCUT2D eigenvalue weighted by Crippen LogP contribution is -2.33. The average molecular weight is 341 g/mol. The van der Waals surface area contributed by atoms with E-state index in [0.29, 0.717) is 16.8 Å². The van der Waals surface area contributed by atoms with Gasteiger partial charge in [0.2, 0.25) is 11.0 Å². The van der Waals surface area contributed by atoms with Gasteiger partial charge < -0.3 is 0 Å². The van der Waals surface area contributed by atoms with Crippen molar-refractivity contribution >= 4 is 34.0 Å². The molecule has 1 atom stereocenters. The van der Waals surface area contributed by atoms with Gasteiger partial charge in [-0.25, -0.2) is 0 Å². The molecule has 0 spiro atoms. The van der Waals surface area contributed by atoms with Crippen molar-refractivity contribution in [3.63, 3.8) is 0 Å². The fourth-order valence-electron chi connectivity index (χ4n) is 2.94. The highest BCUT2D eigenvalue weighted by atomic mass is 35.5. The molecule has 1 aliphatic heterocycles. The van der Waals surface area contributed by atoms with Crippen LogP contribution in [0.4, 0.5) is 5.13 Å². The van der Waals surface area contributed by atoms with E-state index in [1.165, 1.54) is 11.3 Å². The molecule has 1 unspecified atom stereocenters. The number of anilines is 1. The number of nitrogens with zero attached hydrogens (tertiary/aromatic N) is 5. The van der Waals surface area contributed by atoms with Gasteiger partial charge in [-0.15, -0.1) is 10.2 Å². The van der Waals surface area contributed by atoms with Crippen LogP contribution < -0.4 is 5.32 Å². The van der Waals surface area contributed by atoms with E-state index in [9.17, 15) is 4.79 Å². The van der Waals surface area contributed by atoms with Crippen LogP contribution in [-0.2, 0) is 11.8 Å². The summed E-state index contributed by atoms with van der Waals surface area (Å²) in [5.74, 6) is -0.0821. The van der Waals surface area contributed by atoms with Crippen LogP contribution in [0, 0.1) is 6.92 Å². The van der Waals surface area contributed by atoms with Gasteiger partial charge >= 0.3 is 0 Å². The predicted octanol–water partition coefficient (Wildman–Crippen LogP) is 2.01. The second-order valence-electron chi connectivity index (χ2n) is 5.33. The second-order valence-corrected chi connectivity index (χ2v) is 6.53. The summed E-state index contributed by atoms with van der Waals surface area (Å²) in [4.78, 5) is 14.3. The van der Waals surface area contributed by atoms with Gasteiger partial charge in [0.25, 0.3) is 0 Å². The minimum absolute atomic E-state index is 0.0821. The molecule has 3 rings (SSSR count). The molecule has 0 aliphatic carbocycles.